The normalized spacial score (nSPS) is 10.6. The van der Waals surface area contributed by atoms with Gasteiger partial charge in [0.05, 0.1) is 0 Å². The van der Waals surface area contributed by atoms with Gasteiger partial charge >= 0.3 is 0 Å². The van der Waals surface area contributed by atoms with Gasteiger partial charge in [0.25, 0.3) is 0 Å². The molecule has 0 bridgehead atoms. The lowest BCUT2D eigenvalue weighted by Crippen LogP contribution is -2.40. The highest BCUT2D eigenvalue weighted by atomic mass is 79.9. The third-order valence-electron chi connectivity index (χ3n) is 1.84. The molecule has 4 heteroatoms. The van der Waals surface area contributed by atoms with Gasteiger partial charge < -0.3 is 9.64 Å². The largest absolute Gasteiger partial charge is 0.372 e. The Kier molecular flexibility index (Phi) is 8.18. The molecule has 0 unspecified atom stereocenters. The standard InChI is InChI=1S/C10H20BrNO2/c1-4-7-14-8-10(13)12(6-5-11)9(2)3/h9H,4-8H2,1-3H3. The topological polar surface area (TPSA) is 29.5 Å². The van der Waals surface area contributed by atoms with E-state index in [0.29, 0.717) is 6.61 Å². The summed E-state index contributed by atoms with van der Waals surface area (Å²) in [7, 11) is 0. The number of rotatable bonds is 7. The summed E-state index contributed by atoms with van der Waals surface area (Å²) in [5, 5.41) is 0.810. The van der Waals surface area contributed by atoms with Crippen LogP contribution in [-0.2, 0) is 9.53 Å². The van der Waals surface area contributed by atoms with Gasteiger partial charge in [-0.2, -0.15) is 0 Å². The lowest BCUT2D eigenvalue weighted by Gasteiger charge is -2.25. The second kappa shape index (κ2) is 8.24. The molecule has 0 atom stereocenters. The van der Waals surface area contributed by atoms with Crippen LogP contribution >= 0.6 is 15.9 Å². The third-order valence-corrected chi connectivity index (χ3v) is 2.20. The smallest absolute Gasteiger partial charge is 0.248 e. The molecule has 0 aliphatic carbocycles. The van der Waals surface area contributed by atoms with Crippen LogP contribution in [0.3, 0.4) is 0 Å². The molecule has 0 aliphatic heterocycles. The molecule has 0 aromatic carbocycles. The molecule has 0 aliphatic rings. The predicted octanol–water partition coefficient (Wildman–Crippen LogP) is 2.04. The Balaban J connectivity index is 3.89. The maximum absolute atomic E-state index is 11.6. The molecule has 0 radical (unpaired) electrons. The van der Waals surface area contributed by atoms with Crippen molar-refractivity contribution in [1.29, 1.82) is 0 Å². The molecule has 0 fully saturated rings. The Morgan fingerprint density at radius 1 is 1.50 bits per heavy atom. The SMILES string of the molecule is CCCOCC(=O)N(CCBr)C(C)C. The van der Waals surface area contributed by atoms with Crippen molar-refractivity contribution in [1.82, 2.24) is 4.90 Å². The van der Waals surface area contributed by atoms with Crippen molar-refractivity contribution in [2.45, 2.75) is 33.2 Å². The van der Waals surface area contributed by atoms with E-state index < -0.39 is 0 Å². The van der Waals surface area contributed by atoms with Gasteiger partial charge in [-0.05, 0) is 20.3 Å². The number of carbonyl (C=O) groups excluding carboxylic acids is 1. The molecule has 0 saturated carbocycles. The van der Waals surface area contributed by atoms with Gasteiger partial charge in [-0.25, -0.2) is 0 Å². The fourth-order valence-electron chi connectivity index (χ4n) is 1.15. The average molecular weight is 266 g/mol. The summed E-state index contributed by atoms with van der Waals surface area (Å²) in [5.41, 5.74) is 0. The van der Waals surface area contributed by atoms with Crippen LogP contribution in [0, 0.1) is 0 Å². The minimum Gasteiger partial charge on any atom is -0.372 e. The van der Waals surface area contributed by atoms with Crippen molar-refractivity contribution >= 4 is 21.8 Å². The lowest BCUT2D eigenvalue weighted by molar-refractivity contribution is -0.137. The van der Waals surface area contributed by atoms with E-state index >= 15 is 0 Å². The first kappa shape index (κ1) is 13.9. The summed E-state index contributed by atoms with van der Waals surface area (Å²) < 4.78 is 5.22. The molecule has 0 aromatic rings. The molecule has 84 valence electrons. The van der Waals surface area contributed by atoms with Gasteiger partial charge in [0, 0.05) is 24.5 Å². The zero-order valence-corrected chi connectivity index (χ0v) is 10.8. The molecule has 0 saturated heterocycles. The van der Waals surface area contributed by atoms with Crippen LogP contribution in [-0.4, -0.2) is 41.9 Å². The first-order valence-corrected chi connectivity index (χ1v) is 6.18. The number of halogens is 1. The minimum atomic E-state index is 0.0768. The molecule has 0 N–H and O–H groups in total. The van der Waals surface area contributed by atoms with Crippen molar-refractivity contribution in [2.24, 2.45) is 0 Å². The maximum atomic E-state index is 11.6. The number of nitrogens with zero attached hydrogens (tertiary/aromatic N) is 1. The second-order valence-corrected chi connectivity index (χ2v) is 4.22. The summed E-state index contributed by atoms with van der Waals surface area (Å²) in [6, 6.07) is 0.241. The lowest BCUT2D eigenvalue weighted by atomic mass is 10.3. The van der Waals surface area contributed by atoms with Crippen molar-refractivity contribution in [3.8, 4) is 0 Å². The summed E-state index contributed by atoms with van der Waals surface area (Å²) in [6.45, 7) is 7.67. The monoisotopic (exact) mass is 265 g/mol. The van der Waals surface area contributed by atoms with E-state index in [9.17, 15) is 4.79 Å². The number of hydrogen-bond acceptors (Lipinski definition) is 2. The summed E-state index contributed by atoms with van der Waals surface area (Å²) >= 11 is 3.33. The molecule has 0 aromatic heterocycles. The Hall–Kier alpha value is -0.0900. The maximum Gasteiger partial charge on any atom is 0.248 e. The Morgan fingerprint density at radius 3 is 2.57 bits per heavy atom. The molecule has 14 heavy (non-hydrogen) atoms. The van der Waals surface area contributed by atoms with E-state index in [0.717, 1.165) is 18.3 Å². The minimum absolute atomic E-state index is 0.0768. The fourth-order valence-corrected chi connectivity index (χ4v) is 1.53. The Labute approximate surface area is 94.9 Å². The fraction of sp³-hybridized carbons (Fsp3) is 0.900. The number of carbonyl (C=O) groups is 1. The van der Waals surface area contributed by atoms with Gasteiger partial charge in [0.2, 0.25) is 5.91 Å². The van der Waals surface area contributed by atoms with E-state index in [1.807, 2.05) is 25.7 Å². The first-order valence-electron chi connectivity index (χ1n) is 5.06. The predicted molar refractivity (Wildman–Crippen MR) is 61.8 cm³/mol. The van der Waals surface area contributed by atoms with Crippen LogP contribution in [0.1, 0.15) is 27.2 Å². The quantitative estimate of drug-likeness (QED) is 0.521. The number of hydrogen-bond donors (Lipinski definition) is 0. The Morgan fingerprint density at radius 2 is 2.14 bits per heavy atom. The number of amides is 1. The van der Waals surface area contributed by atoms with Crippen LogP contribution in [0.25, 0.3) is 0 Å². The van der Waals surface area contributed by atoms with E-state index in [2.05, 4.69) is 15.9 Å². The van der Waals surface area contributed by atoms with Gasteiger partial charge in [-0.15, -0.1) is 0 Å². The van der Waals surface area contributed by atoms with Crippen molar-refractivity contribution in [3.63, 3.8) is 0 Å². The summed E-state index contributed by atoms with van der Waals surface area (Å²) in [5.74, 6) is 0.0768. The zero-order chi connectivity index (χ0) is 11.0. The molecular weight excluding hydrogens is 246 g/mol. The van der Waals surface area contributed by atoms with Crippen molar-refractivity contribution in [3.05, 3.63) is 0 Å². The van der Waals surface area contributed by atoms with E-state index in [1.165, 1.54) is 0 Å². The molecule has 1 amide bonds. The van der Waals surface area contributed by atoms with E-state index in [1.54, 1.807) is 0 Å². The van der Waals surface area contributed by atoms with E-state index in [-0.39, 0.29) is 18.6 Å². The number of alkyl halides is 1. The van der Waals surface area contributed by atoms with Gasteiger partial charge in [-0.3, -0.25) is 4.79 Å². The van der Waals surface area contributed by atoms with Crippen LogP contribution in [0.5, 0.6) is 0 Å². The van der Waals surface area contributed by atoms with Crippen LogP contribution < -0.4 is 0 Å². The highest BCUT2D eigenvalue weighted by Crippen LogP contribution is 2.00. The molecule has 0 spiro atoms. The zero-order valence-electron chi connectivity index (χ0n) is 9.25. The summed E-state index contributed by atoms with van der Waals surface area (Å²) in [4.78, 5) is 13.5. The first-order chi connectivity index (χ1) is 6.63. The van der Waals surface area contributed by atoms with Crippen molar-refractivity contribution in [2.75, 3.05) is 25.1 Å². The highest BCUT2D eigenvalue weighted by molar-refractivity contribution is 9.09. The van der Waals surface area contributed by atoms with Gasteiger partial charge in [0.15, 0.2) is 0 Å². The van der Waals surface area contributed by atoms with Gasteiger partial charge in [-0.1, -0.05) is 22.9 Å². The molecule has 3 nitrogen and oxygen atoms in total. The molecule has 0 heterocycles. The third kappa shape index (κ3) is 5.60. The van der Waals surface area contributed by atoms with E-state index in [4.69, 9.17) is 4.74 Å². The van der Waals surface area contributed by atoms with Crippen LogP contribution in [0.15, 0.2) is 0 Å². The second-order valence-electron chi connectivity index (χ2n) is 3.42. The number of ether oxygens (including phenoxy) is 1. The van der Waals surface area contributed by atoms with Crippen LogP contribution in [0.2, 0.25) is 0 Å². The van der Waals surface area contributed by atoms with Crippen LogP contribution in [0.4, 0.5) is 0 Å². The summed E-state index contributed by atoms with van der Waals surface area (Å²) in [6.07, 6.45) is 0.952. The average Bonchev–Trinajstić information content (AvgIpc) is 2.13. The Bertz CT molecular complexity index is 162. The molecular formula is C10H20BrNO2. The van der Waals surface area contributed by atoms with Crippen molar-refractivity contribution < 1.29 is 9.53 Å². The molecule has 0 rings (SSSR count). The highest BCUT2D eigenvalue weighted by Gasteiger charge is 2.15. The van der Waals surface area contributed by atoms with Gasteiger partial charge in [0.1, 0.15) is 6.61 Å².